The molecule has 2 aliphatic carbocycles. The fourth-order valence-corrected chi connectivity index (χ4v) is 10.1. The number of anilines is 2. The van der Waals surface area contributed by atoms with Crippen molar-refractivity contribution in [1.29, 1.82) is 0 Å². The average molecular weight is 1100 g/mol. The van der Waals surface area contributed by atoms with Crippen LogP contribution in [0.4, 0.5) is 14.8 Å². The number of nitrogens with zero attached hydrogens (tertiary/aromatic N) is 5. The van der Waals surface area contributed by atoms with Crippen LogP contribution in [0.5, 0.6) is 0 Å². The molecule has 0 unspecified atom stereocenters. The zero-order chi connectivity index (χ0) is 47.1. The first-order chi connectivity index (χ1) is 31.8. The molecule has 4 amide bonds. The summed E-state index contributed by atoms with van der Waals surface area (Å²) >= 11 is 2.36. The van der Waals surface area contributed by atoms with E-state index in [1.807, 2.05) is 60.7 Å². The van der Waals surface area contributed by atoms with Crippen LogP contribution in [0.25, 0.3) is 22.5 Å². The van der Waals surface area contributed by atoms with Gasteiger partial charge in [0.05, 0.1) is 12.1 Å². The summed E-state index contributed by atoms with van der Waals surface area (Å²) in [5.74, 6) is -0.997. The highest BCUT2D eigenvalue weighted by molar-refractivity contribution is 7.11. The number of hydrogen-bond donors (Lipinski definition) is 6. The summed E-state index contributed by atoms with van der Waals surface area (Å²) in [7, 11) is 0. The van der Waals surface area contributed by atoms with Crippen LogP contribution < -0.4 is 27.0 Å². The molecular formula is C52H86Cl2N10O7S2. The predicted molar refractivity (Wildman–Crippen MR) is 304 cm³/mol. The Morgan fingerprint density at radius 1 is 0.685 bits per heavy atom. The minimum atomic E-state index is -0.979. The van der Waals surface area contributed by atoms with Crippen molar-refractivity contribution < 1.29 is 33.8 Å². The molecule has 4 heterocycles. The van der Waals surface area contributed by atoms with Gasteiger partial charge in [-0.2, -0.15) is 0 Å². The number of rotatable bonds is 11. The fraction of sp³-hybridized carbons (Fsp3) is 0.596. The number of benzene rings is 2. The Kier molecular flexibility index (Phi) is 33.4. The van der Waals surface area contributed by atoms with Gasteiger partial charge >= 0.3 is 12.1 Å². The Hall–Kier alpha value is -4.79. The van der Waals surface area contributed by atoms with E-state index in [0.717, 1.165) is 112 Å². The Bertz CT molecular complexity index is 2200. The first-order valence-electron chi connectivity index (χ1n) is 23.2. The second kappa shape index (κ2) is 34.7. The predicted octanol–water partition coefficient (Wildman–Crippen LogP) is 11.5. The number of nitrogens with one attached hydrogen (secondary N) is 4. The molecule has 0 radical (unpaired) electrons. The number of hydrogen-bond acceptors (Lipinski definition) is 14. The average Bonchev–Trinajstić information content (AvgIpc) is 4.18. The van der Waals surface area contributed by atoms with Gasteiger partial charge in [-0.15, -0.1) is 35.0 Å². The zero-order valence-corrected chi connectivity index (χ0v) is 42.2. The van der Waals surface area contributed by atoms with Gasteiger partial charge in [-0.3, -0.25) is 14.4 Å². The molecular weight excluding hydrogens is 1010 g/mol. The summed E-state index contributed by atoms with van der Waals surface area (Å²) in [6.45, 7) is 6.75. The van der Waals surface area contributed by atoms with E-state index in [1.165, 1.54) is 18.0 Å². The molecule has 4 aromatic rings. The van der Waals surface area contributed by atoms with Gasteiger partial charge in [0.15, 0.2) is 0 Å². The van der Waals surface area contributed by atoms with Gasteiger partial charge in [-0.25, -0.2) is 9.59 Å². The zero-order valence-electron chi connectivity index (χ0n) is 38.9. The van der Waals surface area contributed by atoms with Gasteiger partial charge in [0, 0.05) is 40.7 Å². The van der Waals surface area contributed by atoms with Crippen LogP contribution in [-0.4, -0.2) is 102 Å². The van der Waals surface area contributed by atoms with E-state index in [0.29, 0.717) is 28.7 Å². The number of likely N-dealkylation sites (tertiary alicyclic amines) is 1. The number of amides is 4. The molecule has 4 aliphatic rings. The molecule has 21 heteroatoms. The summed E-state index contributed by atoms with van der Waals surface area (Å²) in [6.07, 6.45) is 13.2. The summed E-state index contributed by atoms with van der Waals surface area (Å²) in [5.41, 5.74) is 8.97. The summed E-state index contributed by atoms with van der Waals surface area (Å²) in [4.78, 5) is 62.7. The smallest absolute Gasteiger partial charge is 0.408 e. The van der Waals surface area contributed by atoms with Crippen LogP contribution in [0.3, 0.4) is 0 Å². The van der Waals surface area contributed by atoms with E-state index in [-0.39, 0.29) is 97.5 Å². The number of carboxylic acid groups (broad SMARTS) is 1. The molecule has 2 saturated heterocycles. The SMILES string of the molecule is C.C.C.C.C.CC(C)(C)OC(=O)N[C@H](C(=O)O)C1CCCCC1.Cl.Cl.N[C@H](C(=O)N1CCC[C@H]1C(=O)Nc1snnc1-c1ccccc1)C1CCCCC1.O=C(Nc1snnc1-c1ccccc1)[C@@H]1CCCN1. The topological polar surface area (TPSA) is 244 Å². The molecule has 2 aliphatic heterocycles. The maximum atomic E-state index is 13.0. The third-order valence-corrected chi connectivity index (χ3v) is 13.5. The number of carboxylic acids is 1. The number of nitrogens with two attached hydrogens (primary N) is 1. The van der Waals surface area contributed by atoms with Crippen LogP contribution in [-0.2, 0) is 23.9 Å². The van der Waals surface area contributed by atoms with Crippen molar-refractivity contribution in [2.24, 2.45) is 17.6 Å². The van der Waals surface area contributed by atoms with Crippen molar-refractivity contribution >= 4 is 87.7 Å². The molecule has 17 nitrogen and oxygen atoms in total. The van der Waals surface area contributed by atoms with Crippen molar-refractivity contribution in [2.75, 3.05) is 23.7 Å². The van der Waals surface area contributed by atoms with Gasteiger partial charge < -0.3 is 41.7 Å². The van der Waals surface area contributed by atoms with E-state index in [9.17, 15) is 29.1 Å². The molecule has 8 rings (SSSR count). The normalized spacial score (nSPS) is 17.9. The van der Waals surface area contributed by atoms with Crippen LogP contribution >= 0.6 is 47.9 Å². The lowest BCUT2D eigenvalue weighted by Crippen LogP contribution is -2.52. The quantitative estimate of drug-likeness (QED) is 0.0820. The molecule has 4 fully saturated rings. The van der Waals surface area contributed by atoms with Gasteiger partial charge in [-0.1, -0.05) is 145 Å². The summed E-state index contributed by atoms with van der Waals surface area (Å²) in [6, 6.07) is 17.5. The monoisotopic (exact) mass is 1100 g/mol. The maximum absolute atomic E-state index is 13.0. The number of carbonyl (C=O) groups is 5. The van der Waals surface area contributed by atoms with Crippen molar-refractivity contribution in [2.45, 2.75) is 178 Å². The molecule has 2 aromatic carbocycles. The molecule has 0 spiro atoms. The standard InChI is InChI=1S/C21H27N5O2S.C13H14N4OS.C13H23NO4.5CH4.2ClH/c22-17(14-8-3-1-4-9-14)21(28)26-13-7-12-16(26)19(27)23-20-18(24-25-29-20)15-10-5-2-6-11-15;18-12(10-7-4-8-14-10)15-13-11(16-17-19-13)9-5-2-1-3-6-9;1-13(2,3)18-12(17)14-10(11(15)16)9-7-5-4-6-8-9;;;;;;;/h2,5-6,10-11,14,16-17H,1,3-4,7-9,12-13,22H2,(H,23,27);1-3,5-6,10,14H,4,7-8H2,(H,15,18);9-10H,4-8H2,1-3H3,(H,14,17)(H,15,16);5*1H4;2*1H/t16-,17-;2*10-;;;;;;;/m000......./s1. The number of carbonyl (C=O) groups excluding carboxylic acids is 4. The number of halogens is 2. The van der Waals surface area contributed by atoms with E-state index in [2.05, 4.69) is 40.4 Å². The lowest BCUT2D eigenvalue weighted by atomic mass is 9.83. The van der Waals surface area contributed by atoms with Crippen LogP contribution in [0.1, 0.15) is 148 Å². The number of aromatic nitrogens is 4. The third-order valence-electron chi connectivity index (χ3n) is 12.3. The van der Waals surface area contributed by atoms with Gasteiger partial charge in [-0.05, 0) is 90.5 Å². The Labute approximate surface area is 455 Å². The second-order valence-electron chi connectivity index (χ2n) is 18.2. The van der Waals surface area contributed by atoms with Crippen molar-refractivity contribution in [3.8, 4) is 22.5 Å². The van der Waals surface area contributed by atoms with Gasteiger partial charge in [0.25, 0.3) is 0 Å². The number of alkyl carbamates (subject to hydrolysis) is 1. The molecule has 0 bridgehead atoms. The van der Waals surface area contributed by atoms with Crippen molar-refractivity contribution in [3.05, 3.63) is 60.7 Å². The first kappa shape index (κ1) is 70.3. The molecule has 412 valence electrons. The van der Waals surface area contributed by atoms with Gasteiger partial charge in [0.1, 0.15) is 39.1 Å². The molecule has 4 atom stereocenters. The molecule has 73 heavy (non-hydrogen) atoms. The molecule has 2 aromatic heterocycles. The van der Waals surface area contributed by atoms with Crippen LogP contribution in [0, 0.1) is 11.8 Å². The highest BCUT2D eigenvalue weighted by Crippen LogP contribution is 2.32. The summed E-state index contributed by atoms with van der Waals surface area (Å²) < 4.78 is 13.0. The van der Waals surface area contributed by atoms with E-state index in [4.69, 9.17) is 10.5 Å². The Morgan fingerprint density at radius 3 is 1.62 bits per heavy atom. The minimum absolute atomic E-state index is 0. The Morgan fingerprint density at radius 2 is 1.16 bits per heavy atom. The third kappa shape index (κ3) is 20.8. The molecule has 2 saturated carbocycles. The molecule has 7 N–H and O–H groups in total. The first-order valence-corrected chi connectivity index (χ1v) is 24.7. The lowest BCUT2D eigenvalue weighted by Gasteiger charge is -2.32. The van der Waals surface area contributed by atoms with E-state index in [1.54, 1.807) is 25.7 Å². The van der Waals surface area contributed by atoms with E-state index >= 15 is 0 Å². The Balaban J connectivity index is 0. The minimum Gasteiger partial charge on any atom is -0.480 e. The fourth-order valence-electron chi connectivity index (χ4n) is 8.89. The highest BCUT2D eigenvalue weighted by Gasteiger charge is 2.39. The van der Waals surface area contributed by atoms with Crippen molar-refractivity contribution in [3.63, 3.8) is 0 Å². The number of aliphatic carboxylic acids is 1. The van der Waals surface area contributed by atoms with Crippen LogP contribution in [0.2, 0.25) is 0 Å². The maximum Gasteiger partial charge on any atom is 0.408 e. The lowest BCUT2D eigenvalue weighted by molar-refractivity contribution is -0.141. The van der Waals surface area contributed by atoms with Gasteiger partial charge in [0.2, 0.25) is 17.7 Å². The van der Waals surface area contributed by atoms with E-state index < -0.39 is 35.8 Å². The largest absolute Gasteiger partial charge is 0.480 e. The van der Waals surface area contributed by atoms with Crippen LogP contribution in [0.15, 0.2) is 60.7 Å². The van der Waals surface area contributed by atoms with Crippen molar-refractivity contribution in [1.82, 2.24) is 34.7 Å². The summed E-state index contributed by atoms with van der Waals surface area (Å²) in [5, 5.41) is 30.3. The number of ether oxygens (including phenoxy) is 1. The second-order valence-corrected chi connectivity index (χ2v) is 19.7. The highest BCUT2D eigenvalue weighted by atomic mass is 35.5.